The normalized spacial score (nSPS) is 16.5. The molecule has 5 heteroatoms. The first kappa shape index (κ1) is 17.2. The quantitative estimate of drug-likeness (QED) is 0.467. The maximum atomic E-state index is 12.6. The minimum absolute atomic E-state index is 0.00158. The van der Waals surface area contributed by atoms with Gasteiger partial charge in [0, 0.05) is 33.6 Å². The minimum atomic E-state index is 0.00158. The lowest BCUT2D eigenvalue weighted by Crippen LogP contribution is -2.34. The predicted octanol–water partition coefficient (Wildman–Crippen LogP) is 5.28. The number of aryl methyl sites for hydroxylation is 2. The van der Waals surface area contributed by atoms with Crippen LogP contribution in [0.15, 0.2) is 42.5 Å². The summed E-state index contributed by atoms with van der Waals surface area (Å²) < 4.78 is 1.11. The van der Waals surface area contributed by atoms with E-state index in [9.17, 15) is 4.79 Å². The molecule has 2 aromatic carbocycles. The van der Waals surface area contributed by atoms with E-state index in [1.54, 1.807) is 11.3 Å². The van der Waals surface area contributed by atoms with E-state index in [1.165, 1.54) is 11.1 Å². The highest BCUT2D eigenvalue weighted by molar-refractivity contribution is 7.21. The number of aromatic nitrogens is 1. The zero-order chi connectivity index (χ0) is 19.4. The second-order valence-electron chi connectivity index (χ2n) is 7.58. The van der Waals surface area contributed by atoms with Gasteiger partial charge in [0.2, 0.25) is 0 Å². The number of nitrogens with zero attached hydrogens (tertiary/aromatic N) is 1. The zero-order valence-corrected chi connectivity index (χ0v) is 16.9. The zero-order valence-electron chi connectivity index (χ0n) is 16.1. The van der Waals surface area contributed by atoms with Crippen LogP contribution in [0.25, 0.3) is 32.2 Å². The highest BCUT2D eigenvalue weighted by atomic mass is 32.1. The number of fused-ring (bicyclic) bond motifs is 5. The second-order valence-corrected chi connectivity index (χ2v) is 8.63. The van der Waals surface area contributed by atoms with Gasteiger partial charge in [0.05, 0.1) is 16.9 Å². The number of amides is 1. The van der Waals surface area contributed by atoms with Crippen molar-refractivity contribution >= 4 is 43.9 Å². The summed E-state index contributed by atoms with van der Waals surface area (Å²) in [6.45, 7) is 6.96. The second kappa shape index (κ2) is 6.31. The molecule has 1 aliphatic rings. The molecule has 0 spiro atoms. The molecule has 4 nitrogen and oxygen atoms in total. The van der Waals surface area contributed by atoms with Gasteiger partial charge in [-0.2, -0.15) is 0 Å². The van der Waals surface area contributed by atoms with Crippen LogP contribution in [0.1, 0.15) is 27.7 Å². The van der Waals surface area contributed by atoms with Crippen molar-refractivity contribution in [2.24, 2.45) is 0 Å². The monoisotopic (exact) mass is 387 g/mol. The van der Waals surface area contributed by atoms with Crippen LogP contribution < -0.4 is 10.6 Å². The molecule has 0 fully saturated rings. The number of hydrogen-bond donors (Lipinski definition) is 2. The van der Waals surface area contributed by atoms with Crippen LogP contribution in [0.3, 0.4) is 0 Å². The number of nitrogens with one attached hydrogen (secondary N) is 2. The summed E-state index contributed by atoms with van der Waals surface area (Å²) in [5.41, 5.74) is 6.50. The lowest BCUT2D eigenvalue weighted by molar-refractivity contribution is 0.0949. The van der Waals surface area contributed by atoms with Crippen molar-refractivity contribution in [3.05, 3.63) is 58.5 Å². The van der Waals surface area contributed by atoms with Gasteiger partial charge in [-0.05, 0) is 50.6 Å². The largest absolute Gasteiger partial charge is 0.381 e. The molecule has 2 N–H and O–H groups in total. The average Bonchev–Trinajstić information content (AvgIpc) is 2.98. The third-order valence-corrected chi connectivity index (χ3v) is 6.50. The molecule has 0 aliphatic carbocycles. The number of carbonyl (C=O) groups is 1. The average molecular weight is 388 g/mol. The number of benzene rings is 2. The van der Waals surface area contributed by atoms with Crippen molar-refractivity contribution in [3.63, 3.8) is 0 Å². The maximum absolute atomic E-state index is 12.6. The van der Waals surface area contributed by atoms with Gasteiger partial charge in [-0.3, -0.25) is 4.79 Å². The van der Waals surface area contributed by atoms with Gasteiger partial charge in [0.15, 0.2) is 0 Å². The summed E-state index contributed by atoms with van der Waals surface area (Å²) in [6, 6.07) is 14.9. The molecule has 1 amide bonds. The highest BCUT2D eigenvalue weighted by Crippen LogP contribution is 2.41. The Kier molecular flexibility index (Phi) is 3.88. The van der Waals surface area contributed by atoms with E-state index in [1.807, 2.05) is 6.92 Å². The third kappa shape index (κ3) is 2.66. The van der Waals surface area contributed by atoms with Crippen molar-refractivity contribution in [1.29, 1.82) is 0 Å². The van der Waals surface area contributed by atoms with E-state index < -0.39 is 0 Å². The Labute approximate surface area is 167 Å². The van der Waals surface area contributed by atoms with E-state index >= 15 is 0 Å². The summed E-state index contributed by atoms with van der Waals surface area (Å²) in [7, 11) is 0. The fourth-order valence-electron chi connectivity index (χ4n) is 3.98. The first-order valence-corrected chi connectivity index (χ1v) is 10.3. The van der Waals surface area contributed by atoms with E-state index in [4.69, 9.17) is 4.98 Å². The van der Waals surface area contributed by atoms with Gasteiger partial charge in [0.1, 0.15) is 4.88 Å². The van der Waals surface area contributed by atoms with Gasteiger partial charge >= 0.3 is 0 Å². The first-order chi connectivity index (χ1) is 13.5. The van der Waals surface area contributed by atoms with Crippen LogP contribution in [-0.2, 0) is 0 Å². The van der Waals surface area contributed by atoms with E-state index in [2.05, 4.69) is 66.9 Å². The molecule has 0 saturated carbocycles. The van der Waals surface area contributed by atoms with Crippen molar-refractivity contribution in [1.82, 2.24) is 10.3 Å². The van der Waals surface area contributed by atoms with Crippen molar-refractivity contribution < 1.29 is 4.79 Å². The fraction of sp³-hybridized carbons (Fsp3) is 0.217. The molecule has 0 bridgehead atoms. The fourth-order valence-corrected chi connectivity index (χ4v) is 5.07. The number of rotatable bonds is 1. The molecule has 4 aromatic rings. The van der Waals surface area contributed by atoms with Crippen molar-refractivity contribution in [2.45, 2.75) is 26.8 Å². The lowest BCUT2D eigenvalue weighted by Gasteiger charge is -2.11. The molecule has 28 heavy (non-hydrogen) atoms. The van der Waals surface area contributed by atoms with Gasteiger partial charge in [-0.1, -0.05) is 23.8 Å². The molecule has 3 heterocycles. The number of pyridine rings is 1. The van der Waals surface area contributed by atoms with Crippen LogP contribution in [0.5, 0.6) is 0 Å². The minimum Gasteiger partial charge on any atom is -0.381 e. The number of hydrogen-bond acceptors (Lipinski definition) is 4. The molecule has 0 radical (unpaired) electrons. The molecule has 1 atom stereocenters. The van der Waals surface area contributed by atoms with Gasteiger partial charge in [0.25, 0.3) is 5.91 Å². The summed E-state index contributed by atoms with van der Waals surface area (Å²) in [5, 5.41) is 8.70. The predicted molar refractivity (Wildman–Crippen MR) is 117 cm³/mol. The molecule has 1 aliphatic heterocycles. The molecule has 0 saturated heterocycles. The standard InChI is InChI=1S/C23H21N3OS/c1-12-4-5-15(13(2)10-12)17-7-6-16-18(26-17)8-9-19-20(16)21-22(28-19)23(27)25-14(3)11-24-21/h4-10,14,24H,11H2,1-3H3,(H,25,27)/t14-/m1/s1. The lowest BCUT2D eigenvalue weighted by atomic mass is 10.0. The van der Waals surface area contributed by atoms with Crippen LogP contribution in [0.2, 0.25) is 0 Å². The Morgan fingerprint density at radius 3 is 2.79 bits per heavy atom. The number of carbonyl (C=O) groups excluding carboxylic acids is 1. The van der Waals surface area contributed by atoms with Crippen LogP contribution in [0.4, 0.5) is 5.69 Å². The molecule has 0 unspecified atom stereocenters. The number of thiophene rings is 1. The molecular formula is C23H21N3OS. The Morgan fingerprint density at radius 1 is 1.11 bits per heavy atom. The van der Waals surface area contributed by atoms with Crippen LogP contribution >= 0.6 is 11.3 Å². The summed E-state index contributed by atoms with van der Waals surface area (Å²) in [6.07, 6.45) is 0. The Balaban J connectivity index is 1.72. The molecule has 140 valence electrons. The van der Waals surface area contributed by atoms with E-state index in [0.717, 1.165) is 49.4 Å². The van der Waals surface area contributed by atoms with E-state index in [0.29, 0.717) is 0 Å². The van der Waals surface area contributed by atoms with Crippen LogP contribution in [-0.4, -0.2) is 23.5 Å². The summed E-state index contributed by atoms with van der Waals surface area (Å²) in [5.74, 6) is 0.00158. The van der Waals surface area contributed by atoms with Gasteiger partial charge in [-0.15, -0.1) is 11.3 Å². The Bertz CT molecular complexity index is 1260. The summed E-state index contributed by atoms with van der Waals surface area (Å²) in [4.78, 5) is 18.3. The van der Waals surface area contributed by atoms with Crippen LogP contribution in [0, 0.1) is 13.8 Å². The topological polar surface area (TPSA) is 54.0 Å². The van der Waals surface area contributed by atoms with Gasteiger partial charge < -0.3 is 10.6 Å². The molecular weight excluding hydrogens is 366 g/mol. The Morgan fingerprint density at radius 2 is 1.96 bits per heavy atom. The first-order valence-electron chi connectivity index (χ1n) is 9.50. The highest BCUT2D eigenvalue weighted by Gasteiger charge is 2.24. The van der Waals surface area contributed by atoms with Gasteiger partial charge in [-0.25, -0.2) is 4.98 Å². The SMILES string of the molecule is Cc1ccc(-c2ccc3c(ccc4sc5c(c43)NC[C@@H](C)NC5=O)n2)c(C)c1. The van der Waals surface area contributed by atoms with Crippen molar-refractivity contribution in [2.75, 3.05) is 11.9 Å². The molecule has 2 aromatic heterocycles. The third-order valence-electron chi connectivity index (χ3n) is 5.35. The maximum Gasteiger partial charge on any atom is 0.263 e. The number of anilines is 1. The smallest absolute Gasteiger partial charge is 0.263 e. The molecule has 5 rings (SSSR count). The van der Waals surface area contributed by atoms with Crippen molar-refractivity contribution in [3.8, 4) is 11.3 Å². The Hall–Kier alpha value is -2.92. The summed E-state index contributed by atoms with van der Waals surface area (Å²) >= 11 is 1.54. The van der Waals surface area contributed by atoms with E-state index in [-0.39, 0.29) is 11.9 Å².